The Morgan fingerprint density at radius 1 is 1.22 bits per heavy atom. The lowest BCUT2D eigenvalue weighted by Gasteiger charge is -2.22. The third-order valence-electron chi connectivity index (χ3n) is 4.68. The number of rotatable bonds is 7. The number of sulfonamides is 1. The monoisotopic (exact) mass is 396 g/mol. The molecule has 0 aromatic heterocycles. The number of carbonyl (C=O) groups is 2. The summed E-state index contributed by atoms with van der Waals surface area (Å²) in [6.07, 6.45) is 0.351. The smallest absolute Gasteiger partial charge is 0.305 e. The first-order valence-electron chi connectivity index (χ1n) is 9.08. The van der Waals surface area contributed by atoms with Crippen molar-refractivity contribution in [3.8, 4) is 0 Å². The number of hydrogen-bond donors (Lipinski definition) is 2. The number of carboxylic acids is 1. The van der Waals surface area contributed by atoms with Gasteiger partial charge in [-0.15, -0.1) is 0 Å². The first-order valence-corrected chi connectivity index (χ1v) is 10.7. The molecule has 1 aliphatic heterocycles. The quantitative estimate of drug-likeness (QED) is 0.734. The van der Waals surface area contributed by atoms with Crippen LogP contribution in [0.2, 0.25) is 0 Å². The summed E-state index contributed by atoms with van der Waals surface area (Å²) in [7, 11) is -3.24. The molecule has 0 bridgehead atoms. The number of hydrogen-bond acceptors (Lipinski definition) is 4. The maximum atomic E-state index is 12.3. The minimum Gasteiger partial charge on any atom is -0.481 e. The van der Waals surface area contributed by atoms with E-state index in [0.717, 1.165) is 5.56 Å². The standard InChI is InChI=1S/C19H28N2O5S/c1-19(2,3)15-7-5-14(6-8-15)16(13-18(23)24)20-17(22)9-11-21-10-4-12-27(21,25)26/h5-8,16H,4,9-13H2,1-3H3,(H,20,22)(H,23,24). The second-order valence-electron chi connectivity index (χ2n) is 7.91. The number of nitrogens with one attached hydrogen (secondary N) is 1. The third-order valence-corrected chi connectivity index (χ3v) is 6.64. The van der Waals surface area contributed by atoms with Crippen LogP contribution in [0.25, 0.3) is 0 Å². The van der Waals surface area contributed by atoms with E-state index in [0.29, 0.717) is 18.5 Å². The van der Waals surface area contributed by atoms with Crippen LogP contribution in [0.15, 0.2) is 24.3 Å². The average Bonchev–Trinajstić information content (AvgIpc) is 2.89. The summed E-state index contributed by atoms with van der Waals surface area (Å²) < 4.78 is 24.9. The van der Waals surface area contributed by atoms with E-state index in [1.165, 1.54) is 4.31 Å². The normalized spacial score (nSPS) is 18.2. The average molecular weight is 397 g/mol. The maximum absolute atomic E-state index is 12.3. The summed E-state index contributed by atoms with van der Waals surface area (Å²) in [5.74, 6) is -1.25. The highest BCUT2D eigenvalue weighted by Gasteiger charge is 2.28. The van der Waals surface area contributed by atoms with Crippen molar-refractivity contribution in [2.45, 2.75) is 51.5 Å². The molecule has 0 aliphatic carbocycles. The van der Waals surface area contributed by atoms with Gasteiger partial charge in [0.25, 0.3) is 0 Å². The molecule has 1 unspecified atom stereocenters. The fourth-order valence-electron chi connectivity index (χ4n) is 3.08. The number of nitrogens with zero attached hydrogens (tertiary/aromatic N) is 1. The molecule has 2 N–H and O–H groups in total. The van der Waals surface area contributed by atoms with Crippen molar-refractivity contribution < 1.29 is 23.1 Å². The Kier molecular flexibility index (Phi) is 6.64. The fraction of sp³-hybridized carbons (Fsp3) is 0.579. The molecule has 1 aromatic rings. The third kappa shape index (κ3) is 6.04. The lowest BCUT2D eigenvalue weighted by Crippen LogP contribution is -2.34. The van der Waals surface area contributed by atoms with Crippen molar-refractivity contribution in [3.63, 3.8) is 0 Å². The van der Waals surface area contributed by atoms with Crippen LogP contribution in [-0.2, 0) is 25.0 Å². The molecule has 7 nitrogen and oxygen atoms in total. The van der Waals surface area contributed by atoms with Crippen molar-refractivity contribution in [2.24, 2.45) is 0 Å². The SMILES string of the molecule is CC(C)(C)c1ccc(C(CC(=O)O)NC(=O)CCN2CCCS2(=O)=O)cc1. The molecule has 0 radical (unpaired) electrons. The summed E-state index contributed by atoms with van der Waals surface area (Å²) in [4.78, 5) is 23.5. The highest BCUT2D eigenvalue weighted by Crippen LogP contribution is 2.25. The van der Waals surface area contributed by atoms with E-state index < -0.39 is 22.0 Å². The first-order chi connectivity index (χ1) is 12.5. The Morgan fingerprint density at radius 3 is 2.33 bits per heavy atom. The summed E-state index contributed by atoms with van der Waals surface area (Å²) >= 11 is 0. The molecule has 150 valence electrons. The molecule has 1 aromatic carbocycles. The molecule has 0 saturated carbocycles. The molecule has 1 heterocycles. The Morgan fingerprint density at radius 2 is 1.85 bits per heavy atom. The van der Waals surface area contributed by atoms with Crippen LogP contribution in [0.5, 0.6) is 0 Å². The van der Waals surface area contributed by atoms with Gasteiger partial charge in [0.15, 0.2) is 0 Å². The second kappa shape index (κ2) is 8.39. The largest absolute Gasteiger partial charge is 0.481 e. The zero-order chi connectivity index (χ0) is 20.2. The van der Waals surface area contributed by atoms with Gasteiger partial charge in [0.05, 0.1) is 18.2 Å². The molecule has 1 aliphatic rings. The Labute approximate surface area is 160 Å². The van der Waals surface area contributed by atoms with Gasteiger partial charge in [-0.1, -0.05) is 45.0 Å². The van der Waals surface area contributed by atoms with Gasteiger partial charge in [0.1, 0.15) is 0 Å². The van der Waals surface area contributed by atoms with Crippen molar-refractivity contribution in [3.05, 3.63) is 35.4 Å². The van der Waals surface area contributed by atoms with Gasteiger partial charge < -0.3 is 10.4 Å². The van der Waals surface area contributed by atoms with Crippen LogP contribution in [0.1, 0.15) is 57.2 Å². The highest BCUT2D eigenvalue weighted by atomic mass is 32.2. The highest BCUT2D eigenvalue weighted by molar-refractivity contribution is 7.89. The summed E-state index contributed by atoms with van der Waals surface area (Å²) in [5, 5.41) is 11.9. The van der Waals surface area contributed by atoms with Crippen molar-refractivity contribution in [1.82, 2.24) is 9.62 Å². The zero-order valence-corrected chi connectivity index (χ0v) is 16.9. The summed E-state index contributed by atoms with van der Waals surface area (Å²) in [6, 6.07) is 6.89. The number of carbonyl (C=O) groups excluding carboxylic acids is 1. The molecule has 1 fully saturated rings. The van der Waals surface area contributed by atoms with Gasteiger partial charge in [-0.2, -0.15) is 0 Å². The molecule has 1 amide bonds. The number of aliphatic carboxylic acids is 1. The zero-order valence-electron chi connectivity index (χ0n) is 16.1. The fourth-order valence-corrected chi connectivity index (χ4v) is 4.61. The van der Waals surface area contributed by atoms with E-state index in [-0.39, 0.29) is 36.5 Å². The van der Waals surface area contributed by atoms with E-state index in [4.69, 9.17) is 0 Å². The van der Waals surface area contributed by atoms with Gasteiger partial charge in [0.2, 0.25) is 15.9 Å². The van der Waals surface area contributed by atoms with Crippen LogP contribution < -0.4 is 5.32 Å². The Balaban J connectivity index is 2.03. The number of benzene rings is 1. The lowest BCUT2D eigenvalue weighted by molar-refractivity contribution is -0.137. The minimum absolute atomic E-state index is 0.00935. The van der Waals surface area contributed by atoms with Gasteiger partial charge in [0, 0.05) is 19.5 Å². The van der Waals surface area contributed by atoms with Crippen LogP contribution in [0.3, 0.4) is 0 Å². The Bertz CT molecular complexity index is 781. The molecule has 1 atom stereocenters. The van der Waals surface area contributed by atoms with E-state index in [2.05, 4.69) is 26.1 Å². The summed E-state index contributed by atoms with van der Waals surface area (Å²) in [5.41, 5.74) is 1.81. The van der Waals surface area contributed by atoms with Crippen LogP contribution in [0.4, 0.5) is 0 Å². The van der Waals surface area contributed by atoms with Gasteiger partial charge in [-0.05, 0) is 23.0 Å². The minimum atomic E-state index is -3.24. The summed E-state index contributed by atoms with van der Waals surface area (Å²) in [6.45, 7) is 6.82. The molecule has 2 rings (SSSR count). The number of carboxylic acid groups (broad SMARTS) is 1. The van der Waals surface area contributed by atoms with Crippen molar-refractivity contribution >= 4 is 21.9 Å². The van der Waals surface area contributed by atoms with Gasteiger partial charge in [-0.25, -0.2) is 12.7 Å². The van der Waals surface area contributed by atoms with Gasteiger partial charge in [-0.3, -0.25) is 9.59 Å². The van der Waals surface area contributed by atoms with Crippen molar-refractivity contribution in [2.75, 3.05) is 18.8 Å². The van der Waals surface area contributed by atoms with E-state index in [9.17, 15) is 23.1 Å². The molecule has 27 heavy (non-hydrogen) atoms. The van der Waals surface area contributed by atoms with E-state index in [1.807, 2.05) is 24.3 Å². The Hall–Kier alpha value is -1.93. The van der Waals surface area contributed by atoms with Crippen molar-refractivity contribution in [1.29, 1.82) is 0 Å². The molecular formula is C19H28N2O5S. The predicted octanol–water partition coefficient (Wildman–Crippen LogP) is 2.04. The first kappa shape index (κ1) is 21.4. The number of amides is 1. The van der Waals surface area contributed by atoms with E-state index >= 15 is 0 Å². The molecular weight excluding hydrogens is 368 g/mol. The van der Waals surface area contributed by atoms with Crippen LogP contribution in [-0.4, -0.2) is 48.5 Å². The van der Waals surface area contributed by atoms with Gasteiger partial charge >= 0.3 is 5.97 Å². The second-order valence-corrected chi connectivity index (χ2v) is 10.00. The molecule has 8 heteroatoms. The molecule has 0 spiro atoms. The topological polar surface area (TPSA) is 104 Å². The van der Waals surface area contributed by atoms with Crippen LogP contribution >= 0.6 is 0 Å². The lowest BCUT2D eigenvalue weighted by atomic mass is 9.86. The maximum Gasteiger partial charge on any atom is 0.305 e. The predicted molar refractivity (Wildman–Crippen MR) is 103 cm³/mol. The molecule has 1 saturated heterocycles. The van der Waals surface area contributed by atoms with Crippen LogP contribution in [0, 0.1) is 0 Å². The van der Waals surface area contributed by atoms with E-state index in [1.54, 1.807) is 0 Å².